The minimum atomic E-state index is -1.06. The molecule has 1 aromatic heterocycles. The third-order valence-electron chi connectivity index (χ3n) is 4.83. The van der Waals surface area contributed by atoms with Crippen LogP contribution >= 0.6 is 11.3 Å². The Labute approximate surface area is 162 Å². The van der Waals surface area contributed by atoms with Crippen LogP contribution < -0.4 is 0 Å². The van der Waals surface area contributed by atoms with Crippen LogP contribution in [0.1, 0.15) is 22.6 Å². The first-order valence-electron chi connectivity index (χ1n) is 8.79. The molecule has 0 spiro atoms. The lowest BCUT2D eigenvalue weighted by Gasteiger charge is -2.29. The first-order valence-corrected chi connectivity index (χ1v) is 9.73. The summed E-state index contributed by atoms with van der Waals surface area (Å²) in [5, 5.41) is 4.05. The van der Waals surface area contributed by atoms with Crippen LogP contribution in [-0.2, 0) is 16.0 Å². The zero-order valence-corrected chi connectivity index (χ0v) is 15.6. The Balaban J connectivity index is 1.84. The highest BCUT2D eigenvalue weighted by molar-refractivity contribution is 7.08. The Morgan fingerprint density at radius 3 is 2.41 bits per heavy atom. The molecule has 1 aliphatic rings. The standard InChI is InChI=1S/C23H19NO2S/c1-2-20(19-13-14-27-16-19)23(15-17-9-5-3-6-10-17)22(25)26-21(24-23)18-11-7-4-8-12-18/h2-14,16,20H,1,15H2/t20-,23+/m0/s1. The van der Waals surface area contributed by atoms with Gasteiger partial charge in [0.15, 0.2) is 5.54 Å². The van der Waals surface area contributed by atoms with Gasteiger partial charge in [0.1, 0.15) is 0 Å². The molecule has 134 valence electrons. The highest BCUT2D eigenvalue weighted by Crippen LogP contribution is 2.41. The van der Waals surface area contributed by atoms with Crippen molar-refractivity contribution in [3.63, 3.8) is 0 Å². The summed E-state index contributed by atoms with van der Waals surface area (Å²) in [4.78, 5) is 18.1. The summed E-state index contributed by atoms with van der Waals surface area (Å²) >= 11 is 1.60. The molecule has 3 aromatic rings. The van der Waals surface area contributed by atoms with Gasteiger partial charge in [0.25, 0.3) is 0 Å². The second-order valence-corrected chi connectivity index (χ2v) is 7.31. The molecule has 0 amide bonds. The molecule has 0 N–H and O–H groups in total. The van der Waals surface area contributed by atoms with Gasteiger partial charge in [0.2, 0.25) is 5.90 Å². The molecule has 0 aliphatic carbocycles. The van der Waals surface area contributed by atoms with E-state index in [0.717, 1.165) is 16.7 Å². The van der Waals surface area contributed by atoms with E-state index in [4.69, 9.17) is 9.73 Å². The molecule has 0 bridgehead atoms. The van der Waals surface area contributed by atoms with Crippen molar-refractivity contribution in [2.24, 2.45) is 4.99 Å². The fourth-order valence-electron chi connectivity index (χ4n) is 3.51. The van der Waals surface area contributed by atoms with Gasteiger partial charge in [-0.1, -0.05) is 54.6 Å². The molecule has 4 heteroatoms. The van der Waals surface area contributed by atoms with Crippen molar-refractivity contribution >= 4 is 23.2 Å². The Kier molecular flexibility index (Phi) is 4.73. The molecule has 1 aliphatic heterocycles. The van der Waals surface area contributed by atoms with Gasteiger partial charge in [0.05, 0.1) is 0 Å². The molecular formula is C23H19NO2S. The summed E-state index contributed by atoms with van der Waals surface area (Å²) in [7, 11) is 0. The van der Waals surface area contributed by atoms with E-state index in [1.807, 2.05) is 83.6 Å². The van der Waals surface area contributed by atoms with E-state index in [9.17, 15) is 4.79 Å². The van der Waals surface area contributed by atoms with Crippen molar-refractivity contribution in [3.05, 3.63) is 107 Å². The van der Waals surface area contributed by atoms with Crippen LogP contribution in [-0.4, -0.2) is 17.4 Å². The lowest BCUT2D eigenvalue weighted by molar-refractivity contribution is -0.139. The van der Waals surface area contributed by atoms with Crippen molar-refractivity contribution in [3.8, 4) is 0 Å². The van der Waals surface area contributed by atoms with Gasteiger partial charge in [-0.25, -0.2) is 9.79 Å². The summed E-state index contributed by atoms with van der Waals surface area (Å²) in [6.07, 6.45) is 2.26. The first-order chi connectivity index (χ1) is 13.2. The highest BCUT2D eigenvalue weighted by Gasteiger charge is 2.51. The van der Waals surface area contributed by atoms with E-state index < -0.39 is 5.54 Å². The molecular weight excluding hydrogens is 354 g/mol. The van der Waals surface area contributed by atoms with Crippen LogP contribution in [0.25, 0.3) is 0 Å². The number of nitrogens with zero attached hydrogens (tertiary/aromatic N) is 1. The minimum absolute atomic E-state index is 0.266. The zero-order valence-electron chi connectivity index (χ0n) is 14.7. The van der Waals surface area contributed by atoms with Crippen LogP contribution in [0.2, 0.25) is 0 Å². The third-order valence-corrected chi connectivity index (χ3v) is 5.54. The fourth-order valence-corrected chi connectivity index (χ4v) is 4.21. The van der Waals surface area contributed by atoms with Crippen molar-refractivity contribution in [2.75, 3.05) is 0 Å². The molecule has 27 heavy (non-hydrogen) atoms. The van der Waals surface area contributed by atoms with E-state index >= 15 is 0 Å². The highest BCUT2D eigenvalue weighted by atomic mass is 32.1. The molecule has 0 fully saturated rings. The number of aliphatic imine (C=N–C) groups is 1. The molecule has 2 heterocycles. The summed E-state index contributed by atoms with van der Waals surface area (Å²) in [6, 6.07) is 21.5. The van der Waals surface area contributed by atoms with Crippen LogP contribution in [0, 0.1) is 0 Å². The minimum Gasteiger partial charge on any atom is -0.405 e. The van der Waals surface area contributed by atoms with Crippen molar-refractivity contribution < 1.29 is 9.53 Å². The van der Waals surface area contributed by atoms with E-state index in [2.05, 4.69) is 6.58 Å². The first kappa shape index (κ1) is 17.4. The van der Waals surface area contributed by atoms with Gasteiger partial charge in [-0.2, -0.15) is 11.3 Å². The van der Waals surface area contributed by atoms with Gasteiger partial charge < -0.3 is 4.74 Å². The second kappa shape index (κ2) is 7.33. The van der Waals surface area contributed by atoms with E-state index in [1.165, 1.54) is 0 Å². The largest absolute Gasteiger partial charge is 0.405 e. The summed E-state index contributed by atoms with van der Waals surface area (Å²) in [5.74, 6) is -0.224. The normalized spacial score (nSPS) is 20.0. The lowest BCUT2D eigenvalue weighted by atomic mass is 9.76. The van der Waals surface area contributed by atoms with Crippen molar-refractivity contribution in [1.29, 1.82) is 0 Å². The van der Waals surface area contributed by atoms with Gasteiger partial charge in [-0.05, 0) is 40.1 Å². The Morgan fingerprint density at radius 2 is 1.78 bits per heavy atom. The number of ether oxygens (including phenoxy) is 1. The number of carbonyl (C=O) groups excluding carboxylic acids is 1. The molecule has 2 atom stereocenters. The molecule has 0 saturated heterocycles. The number of hydrogen-bond donors (Lipinski definition) is 0. The van der Waals surface area contributed by atoms with Crippen molar-refractivity contribution in [1.82, 2.24) is 0 Å². The Bertz CT molecular complexity index is 964. The monoisotopic (exact) mass is 373 g/mol. The number of rotatable bonds is 6. The molecule has 4 rings (SSSR count). The van der Waals surface area contributed by atoms with E-state index in [-0.39, 0.29) is 11.9 Å². The van der Waals surface area contributed by atoms with Gasteiger partial charge in [-0.15, -0.1) is 6.58 Å². The SMILES string of the molecule is C=C[C@@H](c1ccsc1)[C@@]1(Cc2ccccc2)N=C(c2ccccc2)OC1=O. The Hall–Kier alpha value is -2.98. The number of benzene rings is 2. The van der Waals surface area contributed by atoms with Crippen LogP contribution in [0.4, 0.5) is 0 Å². The smallest absolute Gasteiger partial charge is 0.342 e. The number of hydrogen-bond acceptors (Lipinski definition) is 4. The van der Waals surface area contributed by atoms with Gasteiger partial charge in [0, 0.05) is 17.9 Å². The average Bonchev–Trinajstić information content (AvgIpc) is 3.34. The maximum absolute atomic E-state index is 13.2. The lowest BCUT2D eigenvalue weighted by Crippen LogP contribution is -2.42. The quantitative estimate of drug-likeness (QED) is 0.450. The zero-order chi connectivity index (χ0) is 18.7. The maximum atomic E-state index is 13.2. The maximum Gasteiger partial charge on any atom is 0.342 e. The van der Waals surface area contributed by atoms with Crippen LogP contribution in [0.15, 0.2) is 95.1 Å². The second-order valence-electron chi connectivity index (χ2n) is 6.53. The fraction of sp³-hybridized carbons (Fsp3) is 0.130. The molecule has 0 unspecified atom stereocenters. The predicted molar refractivity (Wildman–Crippen MR) is 109 cm³/mol. The van der Waals surface area contributed by atoms with E-state index in [1.54, 1.807) is 11.3 Å². The average molecular weight is 373 g/mol. The van der Waals surface area contributed by atoms with Crippen LogP contribution in [0.3, 0.4) is 0 Å². The number of carbonyl (C=O) groups is 1. The molecule has 3 nitrogen and oxygen atoms in total. The number of thiophene rings is 1. The summed E-state index contributed by atoms with van der Waals surface area (Å²) < 4.78 is 5.68. The molecule has 0 saturated carbocycles. The summed E-state index contributed by atoms with van der Waals surface area (Å²) in [6.45, 7) is 4.01. The topological polar surface area (TPSA) is 38.7 Å². The summed E-state index contributed by atoms with van der Waals surface area (Å²) in [5.41, 5.74) is 1.81. The van der Waals surface area contributed by atoms with Gasteiger partial charge >= 0.3 is 5.97 Å². The molecule has 0 radical (unpaired) electrons. The molecule has 2 aromatic carbocycles. The third kappa shape index (κ3) is 3.24. The Morgan fingerprint density at radius 1 is 1.07 bits per heavy atom. The number of esters is 1. The predicted octanol–water partition coefficient (Wildman–Crippen LogP) is 5.00. The van der Waals surface area contributed by atoms with E-state index in [0.29, 0.717) is 12.3 Å². The van der Waals surface area contributed by atoms with Gasteiger partial charge in [-0.3, -0.25) is 0 Å². The van der Waals surface area contributed by atoms with Crippen molar-refractivity contribution in [2.45, 2.75) is 17.9 Å². The number of cyclic esters (lactones) is 1. The van der Waals surface area contributed by atoms with Crippen LogP contribution in [0.5, 0.6) is 0 Å².